The van der Waals surface area contributed by atoms with Crippen molar-refractivity contribution in [3.63, 3.8) is 0 Å². The van der Waals surface area contributed by atoms with Gasteiger partial charge in [-0.2, -0.15) is 9.78 Å². The smallest absolute Gasteiger partial charge is 0.395 e. The number of fused-ring (bicyclic) bond motifs is 1. The van der Waals surface area contributed by atoms with E-state index in [1.807, 2.05) is 60.7 Å². The zero-order chi connectivity index (χ0) is 21.4. The summed E-state index contributed by atoms with van der Waals surface area (Å²) in [5, 5.41) is 7.12. The first-order chi connectivity index (χ1) is 15.0. The number of carbonyl (C=O) groups is 1. The van der Waals surface area contributed by atoms with E-state index in [1.54, 1.807) is 6.20 Å². The summed E-state index contributed by atoms with van der Waals surface area (Å²) >= 11 is 0. The minimum Gasteiger partial charge on any atom is -0.395 e. The number of halogens is 2. The van der Waals surface area contributed by atoms with E-state index in [0.717, 1.165) is 16.7 Å². The van der Waals surface area contributed by atoms with Gasteiger partial charge in [-0.3, -0.25) is 0 Å². The minimum absolute atomic E-state index is 0.0974. The van der Waals surface area contributed by atoms with Crippen molar-refractivity contribution < 1.29 is 23.0 Å². The maximum absolute atomic E-state index is 13.2. The van der Waals surface area contributed by atoms with Crippen molar-refractivity contribution in [2.24, 2.45) is 0 Å². The molecule has 3 aromatic carbocycles. The van der Waals surface area contributed by atoms with Crippen LogP contribution in [0, 0.1) is 0 Å². The van der Waals surface area contributed by atoms with Crippen LogP contribution in [0.5, 0.6) is 11.5 Å². The molecule has 1 amide bonds. The van der Waals surface area contributed by atoms with E-state index in [0.29, 0.717) is 5.69 Å². The van der Waals surface area contributed by atoms with Crippen molar-refractivity contribution in [1.29, 1.82) is 0 Å². The summed E-state index contributed by atoms with van der Waals surface area (Å²) in [5.74, 6) is -0.252. The number of amides is 1. The summed E-state index contributed by atoms with van der Waals surface area (Å²) in [7, 11) is 0. The molecular weight excluding hydrogens is 404 g/mol. The van der Waals surface area contributed by atoms with Gasteiger partial charge in [-0.25, -0.2) is 4.79 Å². The van der Waals surface area contributed by atoms with Gasteiger partial charge in [0, 0.05) is 29.1 Å². The first-order valence-corrected chi connectivity index (χ1v) is 9.40. The second-order valence-electron chi connectivity index (χ2n) is 6.83. The second-order valence-corrected chi connectivity index (χ2v) is 6.83. The van der Waals surface area contributed by atoms with E-state index in [2.05, 4.69) is 19.9 Å². The van der Waals surface area contributed by atoms with Crippen molar-refractivity contribution in [2.75, 3.05) is 5.32 Å². The number of nitrogens with one attached hydrogen (secondary N) is 1. The highest BCUT2D eigenvalue weighted by atomic mass is 19.3. The standard InChI is InChI=1S/C23H15F2N3O3/c24-23(25)30-19-12-11-17(13-20(19)31-23)26-22(29)28-14-18(15-7-3-1-4-8-15)21(27-28)16-9-5-2-6-10-16/h1-14H,(H,26,29). The van der Waals surface area contributed by atoms with Crippen LogP contribution in [0.25, 0.3) is 22.4 Å². The van der Waals surface area contributed by atoms with E-state index in [-0.39, 0.29) is 17.2 Å². The fourth-order valence-electron chi connectivity index (χ4n) is 3.32. The van der Waals surface area contributed by atoms with Crippen LogP contribution in [0.2, 0.25) is 0 Å². The molecule has 0 spiro atoms. The van der Waals surface area contributed by atoms with Crippen LogP contribution in [0.15, 0.2) is 85.1 Å². The number of ether oxygens (including phenoxy) is 2. The lowest BCUT2D eigenvalue weighted by molar-refractivity contribution is -0.286. The number of alkyl halides is 2. The van der Waals surface area contributed by atoms with Gasteiger partial charge >= 0.3 is 12.3 Å². The molecule has 0 saturated carbocycles. The normalized spacial score (nSPS) is 13.7. The molecule has 0 bridgehead atoms. The Kier molecular flexibility index (Phi) is 4.39. The van der Waals surface area contributed by atoms with Crippen LogP contribution in [0.4, 0.5) is 19.3 Å². The molecule has 1 aliphatic heterocycles. The van der Waals surface area contributed by atoms with Gasteiger partial charge in [-0.15, -0.1) is 8.78 Å². The zero-order valence-corrected chi connectivity index (χ0v) is 16.0. The van der Waals surface area contributed by atoms with Gasteiger partial charge in [0.1, 0.15) is 5.69 Å². The SMILES string of the molecule is O=C(Nc1ccc2c(c1)OC(F)(F)O2)n1cc(-c2ccccc2)c(-c2ccccc2)n1. The highest BCUT2D eigenvalue weighted by molar-refractivity contribution is 5.93. The fraction of sp³-hybridized carbons (Fsp3) is 0.0435. The molecule has 1 aromatic heterocycles. The summed E-state index contributed by atoms with van der Waals surface area (Å²) in [5.41, 5.74) is 3.46. The van der Waals surface area contributed by atoms with Crippen molar-refractivity contribution in [2.45, 2.75) is 6.29 Å². The maximum atomic E-state index is 13.2. The lowest BCUT2D eigenvalue weighted by Gasteiger charge is -2.05. The Morgan fingerprint density at radius 3 is 2.23 bits per heavy atom. The predicted octanol–water partition coefficient (Wildman–Crippen LogP) is 5.62. The molecule has 0 atom stereocenters. The number of nitrogens with zero attached hydrogens (tertiary/aromatic N) is 2. The summed E-state index contributed by atoms with van der Waals surface area (Å²) in [6.07, 6.45) is -2.09. The summed E-state index contributed by atoms with van der Waals surface area (Å²) in [4.78, 5) is 12.8. The molecule has 4 aromatic rings. The molecule has 0 unspecified atom stereocenters. The van der Waals surface area contributed by atoms with Gasteiger partial charge in [-0.1, -0.05) is 60.7 Å². The average molecular weight is 419 g/mol. The van der Waals surface area contributed by atoms with Gasteiger partial charge in [0.2, 0.25) is 0 Å². The molecule has 1 N–H and O–H groups in total. The van der Waals surface area contributed by atoms with E-state index >= 15 is 0 Å². The average Bonchev–Trinajstić information content (AvgIpc) is 3.35. The molecule has 0 aliphatic carbocycles. The van der Waals surface area contributed by atoms with Gasteiger partial charge in [0.05, 0.1) is 0 Å². The molecule has 2 heterocycles. The fourth-order valence-corrected chi connectivity index (χ4v) is 3.32. The summed E-state index contributed by atoms with van der Waals surface area (Å²) < 4.78 is 36.4. The van der Waals surface area contributed by atoms with Crippen molar-refractivity contribution in [1.82, 2.24) is 9.78 Å². The molecular formula is C23H15F2N3O3. The summed E-state index contributed by atoms with van der Waals surface area (Å²) in [6, 6.07) is 22.6. The molecule has 154 valence electrons. The van der Waals surface area contributed by atoms with Crippen molar-refractivity contribution >= 4 is 11.7 Å². The highest BCUT2D eigenvalue weighted by Gasteiger charge is 2.43. The third-order valence-corrected chi connectivity index (χ3v) is 4.71. The molecule has 31 heavy (non-hydrogen) atoms. The molecule has 0 fully saturated rings. The summed E-state index contributed by atoms with van der Waals surface area (Å²) in [6.45, 7) is 0. The van der Waals surface area contributed by atoms with Crippen LogP contribution < -0.4 is 14.8 Å². The molecule has 1 aliphatic rings. The van der Waals surface area contributed by atoms with Crippen LogP contribution in [-0.2, 0) is 0 Å². The number of carbonyl (C=O) groups excluding carboxylic acids is 1. The van der Waals surface area contributed by atoms with E-state index in [9.17, 15) is 13.6 Å². The van der Waals surface area contributed by atoms with Crippen LogP contribution in [0.3, 0.4) is 0 Å². The Labute approximate surface area is 175 Å². The first kappa shape index (κ1) is 18.8. The van der Waals surface area contributed by atoms with Crippen LogP contribution >= 0.6 is 0 Å². The monoisotopic (exact) mass is 419 g/mol. The van der Waals surface area contributed by atoms with Gasteiger partial charge in [0.15, 0.2) is 11.5 Å². The topological polar surface area (TPSA) is 65.4 Å². The number of anilines is 1. The minimum atomic E-state index is -3.72. The third kappa shape index (κ3) is 3.71. The van der Waals surface area contributed by atoms with E-state index in [4.69, 9.17) is 0 Å². The predicted molar refractivity (Wildman–Crippen MR) is 110 cm³/mol. The maximum Gasteiger partial charge on any atom is 0.586 e. The molecule has 0 saturated heterocycles. The Morgan fingerprint density at radius 1 is 0.871 bits per heavy atom. The number of aromatic nitrogens is 2. The Morgan fingerprint density at radius 2 is 1.52 bits per heavy atom. The second kappa shape index (κ2) is 7.24. The van der Waals surface area contributed by atoms with Gasteiger partial charge in [-0.05, 0) is 17.7 Å². The van der Waals surface area contributed by atoms with E-state index in [1.165, 1.54) is 22.9 Å². The largest absolute Gasteiger partial charge is 0.586 e. The van der Waals surface area contributed by atoms with Gasteiger partial charge in [0.25, 0.3) is 0 Å². The Bertz CT molecular complexity index is 1200. The Balaban J connectivity index is 1.47. The van der Waals surface area contributed by atoms with Crippen LogP contribution in [0.1, 0.15) is 0 Å². The quantitative estimate of drug-likeness (QED) is 0.468. The number of hydrogen-bond acceptors (Lipinski definition) is 4. The van der Waals surface area contributed by atoms with E-state index < -0.39 is 12.3 Å². The molecule has 8 heteroatoms. The lowest BCUT2D eigenvalue weighted by atomic mass is 10.0. The number of hydrogen-bond donors (Lipinski definition) is 1. The Hall–Kier alpha value is -4.20. The highest BCUT2D eigenvalue weighted by Crippen LogP contribution is 2.42. The lowest BCUT2D eigenvalue weighted by Crippen LogP contribution is -2.25. The van der Waals surface area contributed by atoms with Gasteiger partial charge < -0.3 is 14.8 Å². The third-order valence-electron chi connectivity index (χ3n) is 4.71. The molecule has 6 nitrogen and oxygen atoms in total. The first-order valence-electron chi connectivity index (χ1n) is 9.40. The van der Waals surface area contributed by atoms with Crippen molar-refractivity contribution in [3.05, 3.63) is 85.1 Å². The number of benzene rings is 3. The van der Waals surface area contributed by atoms with Crippen molar-refractivity contribution in [3.8, 4) is 33.9 Å². The molecule has 0 radical (unpaired) electrons. The number of rotatable bonds is 3. The van der Waals surface area contributed by atoms with Crippen LogP contribution in [-0.4, -0.2) is 22.1 Å². The zero-order valence-electron chi connectivity index (χ0n) is 16.0. The molecule has 5 rings (SSSR count).